The van der Waals surface area contributed by atoms with E-state index in [1.54, 1.807) is 41.5 Å². The molecule has 0 bridgehead atoms. The van der Waals surface area contributed by atoms with Gasteiger partial charge >= 0.3 is 0 Å². The van der Waals surface area contributed by atoms with Crippen molar-refractivity contribution in [2.45, 2.75) is 13.5 Å². The number of hydrogen-bond acceptors (Lipinski definition) is 4. The van der Waals surface area contributed by atoms with Gasteiger partial charge in [-0.15, -0.1) is 11.3 Å². The summed E-state index contributed by atoms with van der Waals surface area (Å²) in [6.07, 6.45) is 2.85. The number of hydrogen-bond donors (Lipinski definition) is 0. The highest BCUT2D eigenvalue weighted by atomic mass is 32.1. The third kappa shape index (κ3) is 3.79. The normalized spacial score (nSPS) is 10.8. The topological polar surface area (TPSA) is 63.5 Å². The largest absolute Gasteiger partial charge is 0.337 e. The van der Waals surface area contributed by atoms with Crippen LogP contribution in [0.1, 0.15) is 16.0 Å². The highest BCUT2D eigenvalue weighted by molar-refractivity contribution is 7.10. The summed E-state index contributed by atoms with van der Waals surface area (Å²) in [6.45, 7) is 2.54. The minimum atomic E-state index is -0.455. The van der Waals surface area contributed by atoms with Crippen molar-refractivity contribution in [3.05, 3.63) is 67.9 Å². The van der Waals surface area contributed by atoms with Gasteiger partial charge in [-0.2, -0.15) is 0 Å². The molecule has 0 atom stereocenters. The average Bonchev–Trinajstić information content (AvgIpc) is 2.90. The zero-order valence-corrected chi connectivity index (χ0v) is 13.2. The van der Waals surface area contributed by atoms with Crippen molar-refractivity contribution in [2.75, 3.05) is 7.05 Å². The van der Waals surface area contributed by atoms with Gasteiger partial charge in [-0.1, -0.05) is 12.1 Å². The average molecular weight is 316 g/mol. The van der Waals surface area contributed by atoms with E-state index in [1.807, 2.05) is 18.4 Å². The molecule has 0 unspecified atom stereocenters. The molecule has 1 aromatic heterocycles. The van der Waals surface area contributed by atoms with Gasteiger partial charge < -0.3 is 4.90 Å². The van der Waals surface area contributed by atoms with Gasteiger partial charge in [0.05, 0.1) is 17.0 Å². The lowest BCUT2D eigenvalue weighted by Gasteiger charge is -2.14. The molecule has 0 saturated carbocycles. The Morgan fingerprint density at radius 3 is 2.73 bits per heavy atom. The monoisotopic (exact) mass is 316 g/mol. The number of thiophene rings is 1. The summed E-state index contributed by atoms with van der Waals surface area (Å²) in [5.74, 6) is -0.189. The summed E-state index contributed by atoms with van der Waals surface area (Å²) >= 11 is 1.61. The van der Waals surface area contributed by atoms with E-state index in [9.17, 15) is 14.9 Å². The molecule has 1 aromatic carbocycles. The standard InChI is InChI=1S/C16H16N2O3S/c1-12-9-10-22-15(12)11-17(2)16(19)8-7-13-5-3-4-6-14(13)18(20)21/h3-10H,11H2,1-2H3/b8-7+. The number of amides is 1. The third-order valence-corrected chi connectivity index (χ3v) is 4.27. The Labute approximate surface area is 132 Å². The smallest absolute Gasteiger partial charge is 0.276 e. The zero-order valence-electron chi connectivity index (χ0n) is 12.4. The summed E-state index contributed by atoms with van der Waals surface area (Å²) < 4.78 is 0. The molecule has 0 fully saturated rings. The minimum absolute atomic E-state index is 0.0108. The van der Waals surface area contributed by atoms with E-state index in [2.05, 4.69) is 0 Å². The fraction of sp³-hybridized carbons (Fsp3) is 0.188. The Kier molecular flexibility index (Phi) is 5.06. The van der Waals surface area contributed by atoms with Crippen molar-refractivity contribution >= 4 is 29.0 Å². The van der Waals surface area contributed by atoms with Crippen LogP contribution in [-0.4, -0.2) is 22.8 Å². The van der Waals surface area contributed by atoms with Crippen LogP contribution >= 0.6 is 11.3 Å². The molecule has 1 amide bonds. The molecule has 5 nitrogen and oxygen atoms in total. The molecule has 1 heterocycles. The van der Waals surface area contributed by atoms with Crippen LogP contribution < -0.4 is 0 Å². The number of para-hydroxylation sites is 1. The molecule has 0 aliphatic rings. The quantitative estimate of drug-likeness (QED) is 0.480. The number of nitro benzene ring substituents is 1. The van der Waals surface area contributed by atoms with Gasteiger partial charge in [-0.3, -0.25) is 14.9 Å². The SMILES string of the molecule is Cc1ccsc1CN(C)C(=O)/C=C/c1ccccc1[N+](=O)[O-]. The van der Waals surface area contributed by atoms with Crippen molar-refractivity contribution < 1.29 is 9.72 Å². The maximum atomic E-state index is 12.1. The molecule has 2 rings (SSSR count). The molecule has 6 heteroatoms. The van der Waals surface area contributed by atoms with E-state index in [-0.39, 0.29) is 11.6 Å². The second-order valence-electron chi connectivity index (χ2n) is 4.87. The highest BCUT2D eigenvalue weighted by Gasteiger charge is 2.12. The van der Waals surface area contributed by atoms with Crippen LogP contribution in [0.4, 0.5) is 5.69 Å². The number of nitro groups is 1. The van der Waals surface area contributed by atoms with Gasteiger partial charge in [0.15, 0.2) is 0 Å². The van der Waals surface area contributed by atoms with Crippen LogP contribution in [0.15, 0.2) is 41.8 Å². The zero-order chi connectivity index (χ0) is 16.1. The third-order valence-electron chi connectivity index (χ3n) is 3.26. The molecule has 0 aliphatic heterocycles. The highest BCUT2D eigenvalue weighted by Crippen LogP contribution is 2.20. The van der Waals surface area contributed by atoms with Gasteiger partial charge in [0.2, 0.25) is 5.91 Å². The van der Waals surface area contributed by atoms with Crippen molar-refractivity contribution in [3.8, 4) is 0 Å². The van der Waals surface area contributed by atoms with E-state index in [0.29, 0.717) is 12.1 Å². The van der Waals surface area contributed by atoms with Crippen LogP contribution in [0, 0.1) is 17.0 Å². The van der Waals surface area contributed by atoms with Crippen LogP contribution in [0.3, 0.4) is 0 Å². The van der Waals surface area contributed by atoms with E-state index in [0.717, 1.165) is 10.4 Å². The minimum Gasteiger partial charge on any atom is -0.337 e. The Balaban J connectivity index is 2.08. The first-order chi connectivity index (χ1) is 10.5. The first-order valence-electron chi connectivity index (χ1n) is 6.68. The van der Waals surface area contributed by atoms with Crippen molar-refractivity contribution in [2.24, 2.45) is 0 Å². The Bertz CT molecular complexity index is 722. The first-order valence-corrected chi connectivity index (χ1v) is 7.56. The molecular formula is C16H16N2O3S. The van der Waals surface area contributed by atoms with E-state index in [1.165, 1.54) is 18.2 Å². The van der Waals surface area contributed by atoms with E-state index < -0.39 is 4.92 Å². The molecule has 0 N–H and O–H groups in total. The van der Waals surface area contributed by atoms with Gasteiger partial charge in [-0.05, 0) is 36.1 Å². The van der Waals surface area contributed by atoms with Gasteiger partial charge in [-0.25, -0.2) is 0 Å². The molecule has 0 saturated heterocycles. The molecular weight excluding hydrogens is 300 g/mol. The predicted octanol–water partition coefficient (Wildman–Crippen LogP) is 3.64. The van der Waals surface area contributed by atoms with Crippen molar-refractivity contribution in [1.29, 1.82) is 0 Å². The van der Waals surface area contributed by atoms with Crippen molar-refractivity contribution in [3.63, 3.8) is 0 Å². The van der Waals surface area contributed by atoms with Gasteiger partial charge in [0.1, 0.15) is 0 Å². The summed E-state index contributed by atoms with van der Waals surface area (Å²) in [5.41, 5.74) is 1.57. The Morgan fingerprint density at radius 2 is 2.09 bits per heavy atom. The maximum absolute atomic E-state index is 12.1. The molecule has 0 spiro atoms. The molecule has 114 valence electrons. The number of carbonyl (C=O) groups is 1. The van der Waals surface area contributed by atoms with E-state index >= 15 is 0 Å². The second kappa shape index (κ2) is 7.00. The fourth-order valence-electron chi connectivity index (χ4n) is 1.94. The number of likely N-dealkylation sites (N-methyl/N-ethyl adjacent to an activating group) is 1. The second-order valence-corrected chi connectivity index (χ2v) is 5.87. The lowest BCUT2D eigenvalue weighted by molar-refractivity contribution is -0.385. The lowest BCUT2D eigenvalue weighted by Crippen LogP contribution is -2.23. The summed E-state index contributed by atoms with van der Waals surface area (Å²) in [5, 5.41) is 12.9. The number of aryl methyl sites for hydroxylation is 1. The van der Waals surface area contributed by atoms with Crippen LogP contribution in [0.2, 0.25) is 0 Å². The van der Waals surface area contributed by atoms with E-state index in [4.69, 9.17) is 0 Å². The van der Waals surface area contributed by atoms with Crippen molar-refractivity contribution in [1.82, 2.24) is 4.90 Å². The summed E-state index contributed by atoms with van der Waals surface area (Å²) in [4.78, 5) is 25.3. The number of rotatable bonds is 5. The molecule has 0 aliphatic carbocycles. The summed E-state index contributed by atoms with van der Waals surface area (Å²) in [6, 6.07) is 8.36. The Hall–Kier alpha value is -2.47. The molecule has 22 heavy (non-hydrogen) atoms. The van der Waals surface area contributed by atoms with Gasteiger partial charge in [0.25, 0.3) is 5.69 Å². The molecule has 0 radical (unpaired) electrons. The number of carbonyl (C=O) groups excluding carboxylic acids is 1. The predicted molar refractivity (Wildman–Crippen MR) is 87.7 cm³/mol. The number of benzene rings is 1. The summed E-state index contributed by atoms with van der Waals surface area (Å²) in [7, 11) is 1.71. The maximum Gasteiger partial charge on any atom is 0.276 e. The van der Waals surface area contributed by atoms with Crippen LogP contribution in [-0.2, 0) is 11.3 Å². The van der Waals surface area contributed by atoms with Crippen LogP contribution in [0.25, 0.3) is 6.08 Å². The fourth-order valence-corrected chi connectivity index (χ4v) is 2.90. The van der Waals surface area contributed by atoms with Crippen LogP contribution in [0.5, 0.6) is 0 Å². The van der Waals surface area contributed by atoms with Gasteiger partial charge in [0, 0.05) is 24.1 Å². The lowest BCUT2D eigenvalue weighted by atomic mass is 10.1. The Morgan fingerprint density at radius 1 is 1.36 bits per heavy atom. The first kappa shape index (κ1) is 15.9. The molecule has 2 aromatic rings. The number of nitrogens with zero attached hydrogens (tertiary/aromatic N) is 2.